The van der Waals surface area contributed by atoms with Crippen molar-refractivity contribution < 1.29 is 9.90 Å². The van der Waals surface area contributed by atoms with E-state index in [-0.39, 0.29) is 11.7 Å². The van der Waals surface area contributed by atoms with Gasteiger partial charge in [0, 0.05) is 5.92 Å². The fourth-order valence-electron chi connectivity index (χ4n) is 1.32. The SMILES string of the molecule is O=C([CH]O)C1CCCC1. The Morgan fingerprint density at radius 3 is 2.44 bits per heavy atom. The van der Waals surface area contributed by atoms with Gasteiger partial charge in [0.15, 0.2) is 5.78 Å². The van der Waals surface area contributed by atoms with Crippen LogP contribution in [-0.4, -0.2) is 10.9 Å². The molecule has 0 aromatic rings. The van der Waals surface area contributed by atoms with Gasteiger partial charge in [-0.1, -0.05) is 12.8 Å². The minimum absolute atomic E-state index is 0.0903. The van der Waals surface area contributed by atoms with E-state index in [0.29, 0.717) is 6.61 Å². The maximum Gasteiger partial charge on any atom is 0.167 e. The lowest BCUT2D eigenvalue weighted by atomic mass is 10.0. The lowest BCUT2D eigenvalue weighted by Crippen LogP contribution is -2.09. The van der Waals surface area contributed by atoms with Gasteiger partial charge in [-0.2, -0.15) is 0 Å². The van der Waals surface area contributed by atoms with Crippen LogP contribution >= 0.6 is 0 Å². The minimum atomic E-state index is -0.0903. The lowest BCUT2D eigenvalue weighted by Gasteiger charge is -2.01. The van der Waals surface area contributed by atoms with Gasteiger partial charge < -0.3 is 5.11 Å². The molecule has 2 nitrogen and oxygen atoms in total. The first kappa shape index (κ1) is 6.75. The van der Waals surface area contributed by atoms with Gasteiger partial charge in [-0.15, -0.1) is 0 Å². The summed E-state index contributed by atoms with van der Waals surface area (Å²) < 4.78 is 0. The summed E-state index contributed by atoms with van der Waals surface area (Å²) in [6.07, 6.45) is 4.22. The fraction of sp³-hybridized carbons (Fsp3) is 0.714. The molecular formula is C7H11O2. The molecule has 0 amide bonds. The van der Waals surface area contributed by atoms with Gasteiger partial charge in [-0.25, -0.2) is 0 Å². The number of carbonyl (C=O) groups excluding carboxylic acids is 1. The summed E-state index contributed by atoms with van der Waals surface area (Å²) in [6.45, 7) is 0.704. The zero-order chi connectivity index (χ0) is 6.69. The number of hydrogen-bond acceptors (Lipinski definition) is 2. The van der Waals surface area contributed by atoms with Crippen molar-refractivity contribution in [2.75, 3.05) is 0 Å². The molecule has 1 N–H and O–H groups in total. The molecule has 2 heteroatoms. The number of aliphatic hydroxyl groups is 1. The van der Waals surface area contributed by atoms with E-state index in [2.05, 4.69) is 0 Å². The molecule has 1 saturated carbocycles. The van der Waals surface area contributed by atoms with E-state index < -0.39 is 0 Å². The molecule has 0 spiro atoms. The first-order valence-electron chi connectivity index (χ1n) is 3.36. The molecular weight excluding hydrogens is 116 g/mol. The van der Waals surface area contributed by atoms with Crippen LogP contribution in [0.3, 0.4) is 0 Å². The molecule has 51 valence electrons. The number of Topliss-reactive ketones (excluding diaryl/α,β-unsaturated/α-hetero) is 1. The Morgan fingerprint density at radius 1 is 1.44 bits per heavy atom. The zero-order valence-corrected chi connectivity index (χ0v) is 5.34. The molecule has 0 atom stereocenters. The molecule has 0 saturated heterocycles. The number of rotatable bonds is 2. The second-order valence-electron chi connectivity index (χ2n) is 2.51. The smallest absolute Gasteiger partial charge is 0.167 e. The molecule has 0 aromatic heterocycles. The molecule has 0 unspecified atom stereocenters. The van der Waals surface area contributed by atoms with Crippen molar-refractivity contribution in [3.8, 4) is 0 Å². The number of hydrogen-bond donors (Lipinski definition) is 1. The average Bonchev–Trinajstić information content (AvgIpc) is 2.37. The standard InChI is InChI=1S/C7H11O2/c8-5-7(9)6-3-1-2-4-6/h5-6,8H,1-4H2. The van der Waals surface area contributed by atoms with E-state index >= 15 is 0 Å². The van der Waals surface area contributed by atoms with Crippen molar-refractivity contribution in [3.63, 3.8) is 0 Å². The predicted octanol–water partition coefficient (Wildman–Crippen LogP) is 1.28. The van der Waals surface area contributed by atoms with Crippen LogP contribution < -0.4 is 0 Å². The van der Waals surface area contributed by atoms with Crippen LogP contribution in [0.25, 0.3) is 0 Å². The second kappa shape index (κ2) is 2.97. The summed E-state index contributed by atoms with van der Waals surface area (Å²) in [4.78, 5) is 10.7. The van der Waals surface area contributed by atoms with E-state index in [1.54, 1.807) is 0 Å². The summed E-state index contributed by atoms with van der Waals surface area (Å²) in [5.41, 5.74) is 0. The number of carbonyl (C=O) groups is 1. The van der Waals surface area contributed by atoms with Crippen LogP contribution in [0.2, 0.25) is 0 Å². The lowest BCUT2D eigenvalue weighted by molar-refractivity contribution is -0.122. The highest BCUT2D eigenvalue weighted by Gasteiger charge is 2.21. The van der Waals surface area contributed by atoms with Gasteiger partial charge >= 0.3 is 0 Å². The molecule has 1 aliphatic carbocycles. The van der Waals surface area contributed by atoms with E-state index in [1.165, 1.54) is 0 Å². The van der Waals surface area contributed by atoms with E-state index in [0.717, 1.165) is 25.7 Å². The number of aliphatic hydroxyl groups excluding tert-OH is 1. The quantitative estimate of drug-likeness (QED) is 0.606. The third kappa shape index (κ3) is 1.52. The van der Waals surface area contributed by atoms with Crippen molar-refractivity contribution in [1.82, 2.24) is 0 Å². The highest BCUT2D eigenvalue weighted by molar-refractivity contribution is 5.87. The van der Waals surface area contributed by atoms with Gasteiger partial charge in [0.05, 0.1) is 0 Å². The molecule has 0 aromatic carbocycles. The van der Waals surface area contributed by atoms with E-state index in [9.17, 15) is 4.79 Å². The first-order valence-corrected chi connectivity index (χ1v) is 3.36. The Morgan fingerprint density at radius 2 is 2.00 bits per heavy atom. The van der Waals surface area contributed by atoms with Crippen LogP contribution in [0.4, 0.5) is 0 Å². The maximum atomic E-state index is 10.7. The van der Waals surface area contributed by atoms with Gasteiger partial charge in [0.25, 0.3) is 0 Å². The Kier molecular flexibility index (Phi) is 2.22. The summed E-state index contributed by atoms with van der Waals surface area (Å²) in [5.74, 6) is 0.0440. The first-order chi connectivity index (χ1) is 4.34. The fourth-order valence-corrected chi connectivity index (χ4v) is 1.32. The van der Waals surface area contributed by atoms with Crippen molar-refractivity contribution >= 4 is 5.78 Å². The Labute approximate surface area is 54.9 Å². The van der Waals surface area contributed by atoms with E-state index in [4.69, 9.17) is 5.11 Å². The molecule has 0 heterocycles. The topological polar surface area (TPSA) is 37.3 Å². The second-order valence-corrected chi connectivity index (χ2v) is 2.51. The molecule has 1 rings (SSSR count). The van der Waals surface area contributed by atoms with Crippen LogP contribution in [0.5, 0.6) is 0 Å². The monoisotopic (exact) mass is 127 g/mol. The van der Waals surface area contributed by atoms with Crippen LogP contribution in [0.15, 0.2) is 0 Å². The molecule has 1 radical (unpaired) electrons. The van der Waals surface area contributed by atoms with Gasteiger partial charge in [0.2, 0.25) is 0 Å². The van der Waals surface area contributed by atoms with Crippen molar-refractivity contribution in [2.24, 2.45) is 5.92 Å². The summed E-state index contributed by atoms with van der Waals surface area (Å²) in [6, 6.07) is 0. The predicted molar refractivity (Wildman–Crippen MR) is 33.2 cm³/mol. The molecule has 1 aliphatic rings. The van der Waals surface area contributed by atoms with Crippen LogP contribution in [0.1, 0.15) is 25.7 Å². The zero-order valence-electron chi connectivity index (χ0n) is 5.34. The minimum Gasteiger partial charge on any atom is -0.382 e. The number of ketones is 1. The highest BCUT2D eigenvalue weighted by Crippen LogP contribution is 2.25. The van der Waals surface area contributed by atoms with Gasteiger partial charge in [0.1, 0.15) is 6.61 Å². The van der Waals surface area contributed by atoms with Gasteiger partial charge in [-0.05, 0) is 12.8 Å². The molecule has 9 heavy (non-hydrogen) atoms. The normalized spacial score (nSPS) is 20.6. The molecule has 0 bridgehead atoms. The van der Waals surface area contributed by atoms with Crippen LogP contribution in [-0.2, 0) is 4.79 Å². The maximum absolute atomic E-state index is 10.7. The Hall–Kier alpha value is -0.370. The van der Waals surface area contributed by atoms with Crippen molar-refractivity contribution in [3.05, 3.63) is 6.61 Å². The van der Waals surface area contributed by atoms with Crippen molar-refractivity contribution in [1.29, 1.82) is 0 Å². The molecule has 0 aliphatic heterocycles. The highest BCUT2D eigenvalue weighted by atomic mass is 16.3. The van der Waals surface area contributed by atoms with Crippen molar-refractivity contribution in [2.45, 2.75) is 25.7 Å². The third-order valence-electron chi connectivity index (χ3n) is 1.88. The summed E-state index contributed by atoms with van der Waals surface area (Å²) in [7, 11) is 0. The van der Waals surface area contributed by atoms with E-state index in [1.807, 2.05) is 0 Å². The third-order valence-corrected chi connectivity index (χ3v) is 1.88. The molecule has 1 fully saturated rings. The Balaban J connectivity index is 2.32. The average molecular weight is 127 g/mol. The summed E-state index contributed by atoms with van der Waals surface area (Å²) in [5, 5.41) is 8.32. The van der Waals surface area contributed by atoms with Gasteiger partial charge in [-0.3, -0.25) is 4.79 Å². The Bertz CT molecular complexity index is 103. The summed E-state index contributed by atoms with van der Waals surface area (Å²) >= 11 is 0. The van der Waals surface area contributed by atoms with Crippen LogP contribution in [0, 0.1) is 12.5 Å². The largest absolute Gasteiger partial charge is 0.382 e.